The first-order valence-corrected chi connectivity index (χ1v) is 5.65. The second-order valence-electron chi connectivity index (χ2n) is 4.72. The lowest BCUT2D eigenvalue weighted by Gasteiger charge is -2.29. The minimum Gasteiger partial charge on any atom is -0.341 e. The van der Waals surface area contributed by atoms with Gasteiger partial charge in [-0.05, 0) is 25.3 Å². The molecule has 0 radical (unpaired) electrons. The molecule has 1 aromatic carbocycles. The Morgan fingerprint density at radius 3 is 2.44 bits per heavy atom. The number of carbonyl (C=O) groups is 1. The lowest BCUT2D eigenvalue weighted by molar-refractivity contribution is -0.135. The van der Waals surface area contributed by atoms with Gasteiger partial charge < -0.3 is 10.6 Å². The van der Waals surface area contributed by atoms with E-state index in [1.807, 2.05) is 37.4 Å². The number of amides is 1. The third-order valence-corrected chi connectivity index (χ3v) is 3.23. The van der Waals surface area contributed by atoms with Crippen LogP contribution in [-0.4, -0.2) is 23.9 Å². The van der Waals surface area contributed by atoms with Crippen LogP contribution in [0.4, 0.5) is 0 Å². The SMILES string of the molecule is CN(C(=O)C(C)(N)c1ccccc1)C1CC1. The molecule has 1 aliphatic carbocycles. The van der Waals surface area contributed by atoms with Crippen LogP contribution in [0.2, 0.25) is 0 Å². The molecule has 0 heterocycles. The van der Waals surface area contributed by atoms with E-state index >= 15 is 0 Å². The van der Waals surface area contributed by atoms with Gasteiger partial charge in [0.05, 0.1) is 0 Å². The standard InChI is InChI=1S/C13H18N2O/c1-13(14,10-6-4-3-5-7-10)12(16)15(2)11-8-9-11/h3-7,11H,8-9,14H2,1-2H3. The number of carbonyl (C=O) groups excluding carboxylic acids is 1. The second-order valence-corrected chi connectivity index (χ2v) is 4.72. The van der Waals surface area contributed by atoms with Gasteiger partial charge in [-0.1, -0.05) is 30.3 Å². The van der Waals surface area contributed by atoms with E-state index in [1.165, 1.54) is 0 Å². The summed E-state index contributed by atoms with van der Waals surface area (Å²) in [5.41, 5.74) is 6.11. The van der Waals surface area contributed by atoms with Crippen LogP contribution in [0, 0.1) is 0 Å². The van der Waals surface area contributed by atoms with Crippen molar-refractivity contribution in [2.75, 3.05) is 7.05 Å². The Hall–Kier alpha value is -1.35. The Labute approximate surface area is 96.2 Å². The quantitative estimate of drug-likeness (QED) is 0.835. The molecular formula is C13H18N2O. The van der Waals surface area contributed by atoms with Gasteiger partial charge in [0.2, 0.25) is 5.91 Å². The van der Waals surface area contributed by atoms with Crippen LogP contribution in [-0.2, 0) is 10.3 Å². The number of hydrogen-bond donors (Lipinski definition) is 1. The fourth-order valence-electron chi connectivity index (χ4n) is 1.90. The summed E-state index contributed by atoms with van der Waals surface area (Å²) in [7, 11) is 1.84. The number of benzene rings is 1. The van der Waals surface area contributed by atoms with E-state index in [4.69, 9.17) is 5.73 Å². The first-order valence-electron chi connectivity index (χ1n) is 5.65. The summed E-state index contributed by atoms with van der Waals surface area (Å²) in [5, 5.41) is 0. The van der Waals surface area contributed by atoms with Crippen molar-refractivity contribution in [3.05, 3.63) is 35.9 Å². The zero-order chi connectivity index (χ0) is 11.8. The Kier molecular flexibility index (Phi) is 2.72. The molecule has 2 rings (SSSR count). The number of nitrogens with two attached hydrogens (primary N) is 1. The van der Waals surface area contributed by atoms with Crippen LogP contribution < -0.4 is 5.73 Å². The van der Waals surface area contributed by atoms with Gasteiger partial charge in [0.25, 0.3) is 0 Å². The van der Waals surface area contributed by atoms with Gasteiger partial charge in [0.1, 0.15) is 5.54 Å². The maximum Gasteiger partial charge on any atom is 0.246 e. The molecule has 1 atom stereocenters. The fourth-order valence-corrected chi connectivity index (χ4v) is 1.90. The van der Waals surface area contributed by atoms with Crippen LogP contribution in [0.5, 0.6) is 0 Å². The number of nitrogens with zero attached hydrogens (tertiary/aromatic N) is 1. The predicted octanol–water partition coefficient (Wildman–Crippen LogP) is 1.48. The summed E-state index contributed by atoms with van der Waals surface area (Å²) in [6, 6.07) is 9.95. The molecule has 3 heteroatoms. The lowest BCUT2D eigenvalue weighted by Crippen LogP contribution is -2.50. The third kappa shape index (κ3) is 1.95. The molecule has 0 spiro atoms. The van der Waals surface area contributed by atoms with Crippen LogP contribution >= 0.6 is 0 Å². The molecule has 0 saturated heterocycles. The molecule has 86 valence electrons. The zero-order valence-corrected chi connectivity index (χ0v) is 9.81. The van der Waals surface area contributed by atoms with Crippen LogP contribution in [0.1, 0.15) is 25.3 Å². The molecule has 1 saturated carbocycles. The Bertz CT molecular complexity index is 382. The molecular weight excluding hydrogens is 200 g/mol. The first kappa shape index (κ1) is 11.1. The lowest BCUT2D eigenvalue weighted by atomic mass is 9.92. The molecule has 1 aliphatic rings. The summed E-state index contributed by atoms with van der Waals surface area (Å²) < 4.78 is 0. The van der Waals surface area contributed by atoms with Crippen molar-refractivity contribution in [2.24, 2.45) is 5.73 Å². The van der Waals surface area contributed by atoms with Crippen molar-refractivity contribution < 1.29 is 4.79 Å². The van der Waals surface area contributed by atoms with Crippen molar-refractivity contribution in [1.29, 1.82) is 0 Å². The smallest absolute Gasteiger partial charge is 0.246 e. The topological polar surface area (TPSA) is 46.3 Å². The Morgan fingerprint density at radius 2 is 1.94 bits per heavy atom. The summed E-state index contributed by atoms with van der Waals surface area (Å²) in [5.74, 6) is 0.00111. The van der Waals surface area contributed by atoms with Gasteiger partial charge in [-0.2, -0.15) is 0 Å². The summed E-state index contributed by atoms with van der Waals surface area (Å²) in [6.45, 7) is 1.78. The summed E-state index contributed by atoms with van der Waals surface area (Å²) in [4.78, 5) is 14.0. The average molecular weight is 218 g/mol. The van der Waals surface area contributed by atoms with Crippen LogP contribution in [0.15, 0.2) is 30.3 Å². The first-order chi connectivity index (χ1) is 7.53. The van der Waals surface area contributed by atoms with Gasteiger partial charge in [-0.25, -0.2) is 0 Å². The molecule has 3 nitrogen and oxygen atoms in total. The van der Waals surface area contributed by atoms with E-state index in [0.717, 1.165) is 18.4 Å². The Morgan fingerprint density at radius 1 is 1.38 bits per heavy atom. The van der Waals surface area contributed by atoms with Gasteiger partial charge in [-0.15, -0.1) is 0 Å². The highest BCUT2D eigenvalue weighted by molar-refractivity contribution is 5.87. The van der Waals surface area contributed by atoms with E-state index < -0.39 is 5.54 Å². The van der Waals surface area contributed by atoms with E-state index in [-0.39, 0.29) is 5.91 Å². The third-order valence-electron chi connectivity index (χ3n) is 3.23. The van der Waals surface area contributed by atoms with Crippen molar-refractivity contribution >= 4 is 5.91 Å². The molecule has 0 aliphatic heterocycles. The minimum atomic E-state index is -0.918. The second kappa shape index (κ2) is 3.91. The predicted molar refractivity (Wildman–Crippen MR) is 63.8 cm³/mol. The monoisotopic (exact) mass is 218 g/mol. The molecule has 1 aromatic rings. The molecule has 2 N–H and O–H groups in total. The zero-order valence-electron chi connectivity index (χ0n) is 9.81. The van der Waals surface area contributed by atoms with E-state index in [1.54, 1.807) is 11.8 Å². The van der Waals surface area contributed by atoms with E-state index in [2.05, 4.69) is 0 Å². The molecule has 1 amide bonds. The average Bonchev–Trinajstić information content (AvgIpc) is 3.12. The van der Waals surface area contributed by atoms with Crippen molar-refractivity contribution in [3.8, 4) is 0 Å². The summed E-state index contributed by atoms with van der Waals surface area (Å²) in [6.07, 6.45) is 2.21. The van der Waals surface area contributed by atoms with Gasteiger partial charge in [0.15, 0.2) is 0 Å². The van der Waals surface area contributed by atoms with Crippen molar-refractivity contribution in [1.82, 2.24) is 4.90 Å². The normalized spacial score (nSPS) is 18.9. The molecule has 0 bridgehead atoms. The number of rotatable bonds is 3. The van der Waals surface area contributed by atoms with E-state index in [0.29, 0.717) is 6.04 Å². The molecule has 16 heavy (non-hydrogen) atoms. The minimum absolute atomic E-state index is 0.00111. The maximum absolute atomic E-state index is 12.2. The van der Waals surface area contributed by atoms with Gasteiger partial charge >= 0.3 is 0 Å². The van der Waals surface area contributed by atoms with Crippen molar-refractivity contribution in [3.63, 3.8) is 0 Å². The molecule has 1 fully saturated rings. The van der Waals surface area contributed by atoms with Crippen LogP contribution in [0.3, 0.4) is 0 Å². The Balaban J connectivity index is 2.21. The maximum atomic E-state index is 12.2. The number of likely N-dealkylation sites (N-methyl/N-ethyl adjacent to an activating group) is 1. The van der Waals surface area contributed by atoms with Crippen molar-refractivity contribution in [2.45, 2.75) is 31.3 Å². The number of hydrogen-bond acceptors (Lipinski definition) is 2. The summed E-state index contributed by atoms with van der Waals surface area (Å²) >= 11 is 0. The molecule has 0 aromatic heterocycles. The molecule has 1 unspecified atom stereocenters. The fraction of sp³-hybridized carbons (Fsp3) is 0.462. The van der Waals surface area contributed by atoms with E-state index in [9.17, 15) is 4.79 Å². The highest BCUT2D eigenvalue weighted by Crippen LogP contribution is 2.29. The highest BCUT2D eigenvalue weighted by Gasteiger charge is 2.38. The van der Waals surface area contributed by atoms with Gasteiger partial charge in [0, 0.05) is 13.1 Å². The van der Waals surface area contributed by atoms with Crippen LogP contribution in [0.25, 0.3) is 0 Å². The highest BCUT2D eigenvalue weighted by atomic mass is 16.2. The largest absolute Gasteiger partial charge is 0.341 e. The van der Waals surface area contributed by atoms with Gasteiger partial charge in [-0.3, -0.25) is 4.79 Å².